The van der Waals surface area contributed by atoms with E-state index in [2.05, 4.69) is 0 Å². The van der Waals surface area contributed by atoms with Crippen molar-refractivity contribution in [1.82, 2.24) is 0 Å². The Morgan fingerprint density at radius 2 is 2.14 bits per heavy atom. The number of anilines is 1. The zero-order chi connectivity index (χ0) is 15.1. The van der Waals surface area contributed by atoms with Gasteiger partial charge in [-0.05, 0) is 43.7 Å². The maximum absolute atomic E-state index is 13.2. The van der Waals surface area contributed by atoms with Crippen molar-refractivity contribution in [1.29, 1.82) is 0 Å². The molecule has 1 N–H and O–H groups in total. The molecule has 1 aliphatic rings. The van der Waals surface area contributed by atoms with Gasteiger partial charge in [-0.2, -0.15) is 0 Å². The van der Waals surface area contributed by atoms with E-state index in [9.17, 15) is 9.18 Å². The molecule has 0 aromatic heterocycles. The van der Waals surface area contributed by atoms with Crippen LogP contribution in [0, 0.1) is 0 Å². The van der Waals surface area contributed by atoms with Gasteiger partial charge in [0.1, 0.15) is 6.67 Å². The number of unbranched alkanes of at least 4 members (excludes halogenated alkanes) is 2. The van der Waals surface area contributed by atoms with Crippen molar-refractivity contribution in [3.8, 4) is 0 Å². The molecule has 1 amide bonds. The summed E-state index contributed by atoms with van der Waals surface area (Å²) in [4.78, 5) is 13.7. The Morgan fingerprint density at radius 3 is 2.90 bits per heavy atom. The van der Waals surface area contributed by atoms with Gasteiger partial charge in [0.05, 0.1) is 18.3 Å². The largest absolute Gasteiger partial charge is 0.449 e. The van der Waals surface area contributed by atoms with Gasteiger partial charge in [0, 0.05) is 6.61 Å². The summed E-state index contributed by atoms with van der Waals surface area (Å²) in [5, 5.41) is 8.70. The van der Waals surface area contributed by atoms with E-state index in [1.54, 1.807) is 0 Å². The minimum absolute atomic E-state index is 0.150. The number of benzene rings is 1. The Balaban J connectivity index is 2.00. The average molecular weight is 295 g/mol. The fourth-order valence-corrected chi connectivity index (χ4v) is 2.62. The van der Waals surface area contributed by atoms with Crippen LogP contribution in [0.15, 0.2) is 24.3 Å². The molecule has 1 unspecified atom stereocenters. The summed E-state index contributed by atoms with van der Waals surface area (Å²) in [6.07, 6.45) is 3.15. The Kier molecular flexibility index (Phi) is 5.99. The number of alkyl halides is 1. The number of aliphatic hydroxyl groups is 1. The van der Waals surface area contributed by atoms with E-state index in [0.717, 1.165) is 24.1 Å². The topological polar surface area (TPSA) is 49.8 Å². The smallest absolute Gasteiger partial charge is 0.414 e. The number of carbonyl (C=O) groups is 1. The quantitative estimate of drug-likeness (QED) is 0.821. The molecule has 0 saturated carbocycles. The van der Waals surface area contributed by atoms with Gasteiger partial charge in [0.2, 0.25) is 0 Å². The first kappa shape index (κ1) is 15.8. The molecule has 1 aromatic carbocycles. The van der Waals surface area contributed by atoms with Crippen molar-refractivity contribution in [2.24, 2.45) is 0 Å². The van der Waals surface area contributed by atoms with Crippen LogP contribution in [0.3, 0.4) is 0 Å². The number of hydrogen-bond acceptors (Lipinski definition) is 3. The molecule has 0 radical (unpaired) electrons. The molecular formula is C16H22FNO3. The molecule has 116 valence electrons. The number of hydrogen-bond donors (Lipinski definition) is 1. The highest BCUT2D eigenvalue weighted by atomic mass is 19.1. The summed E-state index contributed by atoms with van der Waals surface area (Å²) in [6.45, 7) is -0.109. The first-order chi connectivity index (χ1) is 10.3. The third-order valence-corrected chi connectivity index (χ3v) is 3.77. The molecule has 0 spiro atoms. The van der Waals surface area contributed by atoms with Crippen LogP contribution in [0.2, 0.25) is 0 Å². The van der Waals surface area contributed by atoms with Crippen LogP contribution >= 0.6 is 0 Å². The summed E-state index contributed by atoms with van der Waals surface area (Å²) in [5.74, 6) is 0. The highest BCUT2D eigenvalue weighted by Gasteiger charge is 2.31. The molecule has 0 fully saturated rings. The Hall–Kier alpha value is -1.62. The van der Waals surface area contributed by atoms with E-state index in [1.807, 2.05) is 24.3 Å². The van der Waals surface area contributed by atoms with Gasteiger partial charge in [-0.25, -0.2) is 9.18 Å². The lowest BCUT2D eigenvalue weighted by Gasteiger charge is -2.34. The predicted octanol–water partition coefficient (Wildman–Crippen LogP) is 3.08. The standard InChI is InChI=1S/C16H22FNO3/c17-12-14-9-8-13-6-2-3-7-15(13)18(14)16(20)21-11-5-1-4-10-19/h2-3,6-7,14,19H,1,4-5,8-12H2. The molecule has 1 atom stereocenters. The molecule has 0 saturated heterocycles. The normalized spacial score (nSPS) is 17.4. The third-order valence-electron chi connectivity index (χ3n) is 3.77. The molecule has 1 heterocycles. The first-order valence-electron chi connectivity index (χ1n) is 7.48. The van der Waals surface area contributed by atoms with Crippen LogP contribution in [-0.4, -0.2) is 37.1 Å². The summed E-state index contributed by atoms with van der Waals surface area (Å²) in [7, 11) is 0. The molecule has 4 nitrogen and oxygen atoms in total. The number of amides is 1. The lowest BCUT2D eigenvalue weighted by atomic mass is 9.97. The lowest BCUT2D eigenvalue weighted by molar-refractivity contribution is 0.145. The molecule has 1 aliphatic heterocycles. The monoisotopic (exact) mass is 295 g/mol. The summed E-state index contributed by atoms with van der Waals surface area (Å²) in [5.41, 5.74) is 1.81. The van der Waals surface area contributed by atoms with Crippen LogP contribution in [0.4, 0.5) is 14.9 Å². The number of aliphatic hydroxyl groups excluding tert-OH is 1. The van der Waals surface area contributed by atoms with E-state index in [4.69, 9.17) is 9.84 Å². The average Bonchev–Trinajstić information content (AvgIpc) is 2.53. The van der Waals surface area contributed by atoms with E-state index < -0.39 is 18.8 Å². The molecule has 21 heavy (non-hydrogen) atoms. The van der Waals surface area contributed by atoms with Crippen molar-refractivity contribution >= 4 is 11.8 Å². The van der Waals surface area contributed by atoms with Crippen molar-refractivity contribution in [3.05, 3.63) is 29.8 Å². The molecule has 0 aliphatic carbocycles. The molecule has 2 rings (SSSR count). The molecule has 1 aromatic rings. The summed E-state index contributed by atoms with van der Waals surface area (Å²) < 4.78 is 18.5. The number of fused-ring (bicyclic) bond motifs is 1. The number of ether oxygens (including phenoxy) is 1. The van der Waals surface area contributed by atoms with Crippen LogP contribution in [0.5, 0.6) is 0 Å². The zero-order valence-corrected chi connectivity index (χ0v) is 12.1. The SMILES string of the molecule is O=C(OCCCCCO)N1c2ccccc2CCC1CF. The maximum Gasteiger partial charge on any atom is 0.414 e. The van der Waals surface area contributed by atoms with Crippen LogP contribution in [-0.2, 0) is 11.2 Å². The van der Waals surface area contributed by atoms with Gasteiger partial charge in [-0.3, -0.25) is 4.90 Å². The second kappa shape index (κ2) is 7.98. The van der Waals surface area contributed by atoms with Gasteiger partial charge in [-0.15, -0.1) is 0 Å². The van der Waals surface area contributed by atoms with E-state index in [1.165, 1.54) is 4.90 Å². The number of halogens is 1. The first-order valence-corrected chi connectivity index (χ1v) is 7.48. The Morgan fingerprint density at radius 1 is 1.33 bits per heavy atom. The third kappa shape index (κ3) is 3.94. The lowest BCUT2D eigenvalue weighted by Crippen LogP contribution is -2.45. The van der Waals surface area contributed by atoms with Crippen molar-refractivity contribution < 1.29 is 19.0 Å². The van der Waals surface area contributed by atoms with Crippen molar-refractivity contribution in [3.63, 3.8) is 0 Å². The predicted molar refractivity (Wildman–Crippen MR) is 79.3 cm³/mol. The van der Waals surface area contributed by atoms with E-state index in [0.29, 0.717) is 25.9 Å². The number of rotatable bonds is 6. The highest BCUT2D eigenvalue weighted by molar-refractivity contribution is 5.90. The van der Waals surface area contributed by atoms with E-state index >= 15 is 0 Å². The number of nitrogens with zero attached hydrogens (tertiary/aromatic N) is 1. The van der Waals surface area contributed by atoms with Gasteiger partial charge in [-0.1, -0.05) is 18.2 Å². The van der Waals surface area contributed by atoms with Gasteiger partial charge >= 0.3 is 6.09 Å². The van der Waals surface area contributed by atoms with Crippen LogP contribution in [0.1, 0.15) is 31.2 Å². The molecular weight excluding hydrogens is 273 g/mol. The van der Waals surface area contributed by atoms with Crippen LogP contribution in [0.25, 0.3) is 0 Å². The Bertz CT molecular complexity index is 467. The fraction of sp³-hybridized carbons (Fsp3) is 0.562. The second-order valence-electron chi connectivity index (χ2n) is 5.24. The van der Waals surface area contributed by atoms with Gasteiger partial charge in [0.15, 0.2) is 0 Å². The number of aryl methyl sites for hydroxylation is 1. The molecule has 0 bridgehead atoms. The minimum atomic E-state index is -0.562. The van der Waals surface area contributed by atoms with Gasteiger partial charge in [0.25, 0.3) is 0 Å². The Labute approximate surface area is 124 Å². The summed E-state index contributed by atoms with van der Waals surface area (Å²) in [6, 6.07) is 7.13. The zero-order valence-electron chi connectivity index (χ0n) is 12.1. The van der Waals surface area contributed by atoms with Gasteiger partial charge < -0.3 is 9.84 Å². The number of carbonyl (C=O) groups excluding carboxylic acids is 1. The number of para-hydroxylation sites is 1. The van der Waals surface area contributed by atoms with E-state index in [-0.39, 0.29) is 6.61 Å². The van der Waals surface area contributed by atoms with Crippen molar-refractivity contribution in [2.75, 3.05) is 24.8 Å². The maximum atomic E-state index is 13.2. The van der Waals surface area contributed by atoms with Crippen molar-refractivity contribution in [2.45, 2.75) is 38.1 Å². The highest BCUT2D eigenvalue weighted by Crippen LogP contribution is 2.31. The second-order valence-corrected chi connectivity index (χ2v) is 5.24. The minimum Gasteiger partial charge on any atom is -0.449 e. The fourth-order valence-electron chi connectivity index (χ4n) is 2.62. The summed E-state index contributed by atoms with van der Waals surface area (Å²) >= 11 is 0. The molecule has 5 heteroatoms. The van der Waals surface area contributed by atoms with Crippen LogP contribution < -0.4 is 4.90 Å².